The molecule has 2 amide bonds. The molecule has 174 valence electrons. The summed E-state index contributed by atoms with van der Waals surface area (Å²) in [5.74, 6) is 0.525. The van der Waals surface area contributed by atoms with E-state index in [4.69, 9.17) is 4.74 Å². The molecule has 0 radical (unpaired) electrons. The molecule has 0 aromatic heterocycles. The number of nitrogens with one attached hydrogen (secondary N) is 1. The Kier molecular flexibility index (Phi) is 8.88. The average Bonchev–Trinajstić information content (AvgIpc) is 2.79. The number of rotatable bonds is 9. The lowest BCUT2D eigenvalue weighted by Crippen LogP contribution is -2.50. The zero-order valence-corrected chi connectivity index (χ0v) is 19.4. The summed E-state index contributed by atoms with van der Waals surface area (Å²) in [6.07, 6.45) is 2.87. The van der Waals surface area contributed by atoms with Gasteiger partial charge in [-0.15, -0.1) is 0 Å². The zero-order chi connectivity index (χ0) is 22.9. The van der Waals surface area contributed by atoms with E-state index < -0.39 is 0 Å². The van der Waals surface area contributed by atoms with Crippen LogP contribution < -0.4 is 10.1 Å². The highest BCUT2D eigenvalue weighted by molar-refractivity contribution is 5.89. The predicted octanol–water partition coefficient (Wildman–Crippen LogP) is 3.94. The van der Waals surface area contributed by atoms with Crippen LogP contribution in [0.3, 0.4) is 0 Å². The Morgan fingerprint density at radius 2 is 1.84 bits per heavy atom. The highest BCUT2D eigenvalue weighted by atomic mass is 19.1. The zero-order valence-electron chi connectivity index (χ0n) is 19.4. The molecule has 0 spiro atoms. The number of likely N-dealkylation sites (tertiary alicyclic amines) is 1. The number of hydrogen-bond donors (Lipinski definition) is 1. The molecule has 0 atom stereocenters. The van der Waals surface area contributed by atoms with E-state index in [1.54, 1.807) is 19.2 Å². The van der Waals surface area contributed by atoms with Crippen LogP contribution in [-0.4, -0.2) is 80.7 Å². The van der Waals surface area contributed by atoms with Gasteiger partial charge in [-0.2, -0.15) is 0 Å². The van der Waals surface area contributed by atoms with E-state index in [0.717, 1.165) is 51.2 Å². The van der Waals surface area contributed by atoms with Crippen LogP contribution in [0.2, 0.25) is 0 Å². The van der Waals surface area contributed by atoms with Gasteiger partial charge < -0.3 is 24.8 Å². The number of halogens is 1. The first-order chi connectivity index (χ1) is 15.4. The summed E-state index contributed by atoms with van der Waals surface area (Å²) in [7, 11) is 5.69. The SMILES string of the molecule is COc1ccc(CCN2CCC(N(CCN(C)C)C(=O)Nc3cccc(F)c3)CC2)cc1. The van der Waals surface area contributed by atoms with E-state index in [1.165, 1.54) is 17.7 Å². The maximum Gasteiger partial charge on any atom is 0.322 e. The molecule has 1 N–H and O–H groups in total. The van der Waals surface area contributed by atoms with Gasteiger partial charge in [0.1, 0.15) is 11.6 Å². The average molecular weight is 443 g/mol. The number of methoxy groups -OCH3 is 1. The number of carbonyl (C=O) groups is 1. The van der Waals surface area contributed by atoms with Crippen molar-refractivity contribution in [2.45, 2.75) is 25.3 Å². The van der Waals surface area contributed by atoms with Crippen molar-refractivity contribution in [3.63, 3.8) is 0 Å². The largest absolute Gasteiger partial charge is 0.497 e. The topological polar surface area (TPSA) is 48.1 Å². The van der Waals surface area contributed by atoms with Gasteiger partial charge in [-0.1, -0.05) is 18.2 Å². The molecule has 2 aromatic rings. The lowest BCUT2D eigenvalue weighted by atomic mass is 10.0. The Bertz CT molecular complexity index is 851. The second-order valence-corrected chi connectivity index (χ2v) is 8.61. The molecule has 0 bridgehead atoms. The third-order valence-corrected chi connectivity index (χ3v) is 6.00. The van der Waals surface area contributed by atoms with E-state index in [0.29, 0.717) is 12.2 Å². The highest BCUT2D eigenvalue weighted by Gasteiger charge is 2.28. The number of likely N-dealkylation sites (N-methyl/N-ethyl adjacent to an activating group) is 1. The number of amides is 2. The van der Waals surface area contributed by atoms with E-state index >= 15 is 0 Å². The second-order valence-electron chi connectivity index (χ2n) is 8.61. The van der Waals surface area contributed by atoms with Gasteiger partial charge in [0, 0.05) is 44.5 Å². The van der Waals surface area contributed by atoms with Crippen LogP contribution in [0.4, 0.5) is 14.9 Å². The summed E-state index contributed by atoms with van der Waals surface area (Å²) < 4.78 is 18.7. The fourth-order valence-corrected chi connectivity index (χ4v) is 4.05. The molecule has 1 saturated heterocycles. The normalized spacial score (nSPS) is 15.0. The van der Waals surface area contributed by atoms with Gasteiger partial charge in [0.15, 0.2) is 0 Å². The maximum absolute atomic E-state index is 13.5. The van der Waals surface area contributed by atoms with Gasteiger partial charge in [-0.05, 0) is 69.3 Å². The van der Waals surface area contributed by atoms with Gasteiger partial charge in [0.05, 0.1) is 7.11 Å². The van der Waals surface area contributed by atoms with Crippen molar-refractivity contribution >= 4 is 11.7 Å². The van der Waals surface area contributed by atoms with Crippen LogP contribution in [0.5, 0.6) is 5.75 Å². The molecule has 7 heteroatoms. The number of benzene rings is 2. The second kappa shape index (κ2) is 11.8. The number of nitrogens with zero attached hydrogens (tertiary/aromatic N) is 3. The highest BCUT2D eigenvalue weighted by Crippen LogP contribution is 2.20. The lowest BCUT2D eigenvalue weighted by Gasteiger charge is -2.39. The molecule has 0 aliphatic carbocycles. The summed E-state index contributed by atoms with van der Waals surface area (Å²) in [4.78, 5) is 19.5. The minimum Gasteiger partial charge on any atom is -0.497 e. The summed E-state index contributed by atoms with van der Waals surface area (Å²) in [6, 6.07) is 14.3. The molecule has 1 aliphatic rings. The molecule has 2 aromatic carbocycles. The Balaban J connectivity index is 1.53. The van der Waals surface area contributed by atoms with E-state index in [2.05, 4.69) is 27.2 Å². The van der Waals surface area contributed by atoms with E-state index in [9.17, 15) is 9.18 Å². The predicted molar refractivity (Wildman–Crippen MR) is 127 cm³/mol. The number of hydrogen-bond acceptors (Lipinski definition) is 4. The molecule has 3 rings (SSSR count). The van der Waals surface area contributed by atoms with Crippen LogP contribution >= 0.6 is 0 Å². The van der Waals surface area contributed by atoms with Crippen LogP contribution in [0.15, 0.2) is 48.5 Å². The fraction of sp³-hybridized carbons (Fsp3) is 0.480. The summed E-state index contributed by atoms with van der Waals surface area (Å²) >= 11 is 0. The van der Waals surface area contributed by atoms with Crippen molar-refractivity contribution in [2.24, 2.45) is 0 Å². The first-order valence-electron chi connectivity index (χ1n) is 11.3. The van der Waals surface area contributed by atoms with Gasteiger partial charge >= 0.3 is 6.03 Å². The molecule has 6 nitrogen and oxygen atoms in total. The maximum atomic E-state index is 13.5. The molecule has 1 aliphatic heterocycles. The standard InChI is InChI=1S/C25H35FN4O2/c1-28(2)17-18-30(25(31)27-22-6-4-5-21(26)19-22)23-12-15-29(16-13-23)14-11-20-7-9-24(32-3)10-8-20/h4-10,19,23H,11-18H2,1-3H3,(H,27,31). The van der Waals surface area contributed by atoms with Crippen molar-refractivity contribution in [3.05, 3.63) is 59.9 Å². The van der Waals surface area contributed by atoms with Gasteiger partial charge in [-0.25, -0.2) is 9.18 Å². The third-order valence-electron chi connectivity index (χ3n) is 6.00. The summed E-state index contributed by atoms with van der Waals surface area (Å²) in [5.41, 5.74) is 1.79. The van der Waals surface area contributed by atoms with Crippen LogP contribution in [0, 0.1) is 5.82 Å². The monoisotopic (exact) mass is 442 g/mol. The third kappa shape index (κ3) is 7.21. The number of piperidine rings is 1. The minimum absolute atomic E-state index is 0.158. The van der Waals surface area contributed by atoms with Crippen molar-refractivity contribution in [3.8, 4) is 5.75 Å². The molecule has 32 heavy (non-hydrogen) atoms. The fourth-order valence-electron chi connectivity index (χ4n) is 4.05. The Morgan fingerprint density at radius 1 is 1.12 bits per heavy atom. The van der Waals surface area contributed by atoms with E-state index in [1.807, 2.05) is 31.1 Å². The van der Waals surface area contributed by atoms with Gasteiger partial charge in [0.2, 0.25) is 0 Å². The first kappa shape index (κ1) is 24.0. The van der Waals surface area contributed by atoms with Crippen LogP contribution in [-0.2, 0) is 6.42 Å². The minimum atomic E-state index is -0.354. The van der Waals surface area contributed by atoms with E-state index in [-0.39, 0.29) is 17.9 Å². The smallest absolute Gasteiger partial charge is 0.322 e. The Hall–Kier alpha value is -2.64. The summed E-state index contributed by atoms with van der Waals surface area (Å²) in [6.45, 7) is 4.37. The van der Waals surface area contributed by atoms with Crippen molar-refractivity contribution in [1.82, 2.24) is 14.7 Å². The van der Waals surface area contributed by atoms with Crippen LogP contribution in [0.1, 0.15) is 18.4 Å². The van der Waals surface area contributed by atoms with Crippen molar-refractivity contribution in [1.29, 1.82) is 0 Å². The van der Waals surface area contributed by atoms with Crippen molar-refractivity contribution < 1.29 is 13.9 Å². The lowest BCUT2D eigenvalue weighted by molar-refractivity contribution is 0.123. The number of carbonyl (C=O) groups excluding carboxylic acids is 1. The van der Waals surface area contributed by atoms with Crippen LogP contribution in [0.25, 0.3) is 0 Å². The molecule has 1 fully saturated rings. The molecular weight excluding hydrogens is 407 g/mol. The number of urea groups is 1. The Labute approximate surface area is 190 Å². The van der Waals surface area contributed by atoms with Crippen molar-refractivity contribution in [2.75, 3.05) is 59.2 Å². The molecular formula is C25H35FN4O2. The molecule has 0 saturated carbocycles. The molecule has 1 heterocycles. The van der Waals surface area contributed by atoms with Gasteiger partial charge in [0.25, 0.3) is 0 Å². The molecule has 0 unspecified atom stereocenters. The Morgan fingerprint density at radius 3 is 2.47 bits per heavy atom. The number of anilines is 1. The first-order valence-corrected chi connectivity index (χ1v) is 11.3. The van der Waals surface area contributed by atoms with Gasteiger partial charge in [-0.3, -0.25) is 0 Å². The number of ether oxygens (including phenoxy) is 1. The quantitative estimate of drug-likeness (QED) is 0.639. The summed E-state index contributed by atoms with van der Waals surface area (Å²) in [5, 5.41) is 2.88.